The van der Waals surface area contributed by atoms with Gasteiger partial charge < -0.3 is 4.90 Å². The first kappa shape index (κ1) is 22.6. The van der Waals surface area contributed by atoms with Crippen LogP contribution in [-0.2, 0) is 19.6 Å². The lowest BCUT2D eigenvalue weighted by molar-refractivity contribution is 0.0628. The third-order valence-electron chi connectivity index (χ3n) is 6.22. The molecule has 1 saturated heterocycles. The van der Waals surface area contributed by atoms with Gasteiger partial charge in [-0.2, -0.15) is 10.2 Å². The molecule has 3 aromatic rings. The smallest absolute Gasteiger partial charge is 0.253 e. The zero-order valence-corrected chi connectivity index (χ0v) is 20.1. The molecule has 1 fully saturated rings. The highest BCUT2D eigenvalue weighted by Gasteiger charge is 2.23. The van der Waals surface area contributed by atoms with Crippen LogP contribution in [0.25, 0.3) is 0 Å². The van der Waals surface area contributed by atoms with Gasteiger partial charge in [0.25, 0.3) is 5.91 Å². The summed E-state index contributed by atoms with van der Waals surface area (Å²) in [7, 11) is 0. The van der Waals surface area contributed by atoms with Gasteiger partial charge in [0.2, 0.25) is 0 Å². The number of hydrogen-bond acceptors (Lipinski definition) is 4. The van der Waals surface area contributed by atoms with Crippen LogP contribution in [-0.4, -0.2) is 61.4 Å². The molecule has 32 heavy (non-hydrogen) atoms. The molecule has 1 aliphatic heterocycles. The van der Waals surface area contributed by atoms with Gasteiger partial charge in [0.15, 0.2) is 0 Å². The Bertz CT molecular complexity index is 1110. The van der Waals surface area contributed by atoms with Gasteiger partial charge in [-0.05, 0) is 45.4 Å². The summed E-state index contributed by atoms with van der Waals surface area (Å²) in [6.45, 7) is 13.6. The number of halogens is 1. The zero-order chi connectivity index (χ0) is 22.8. The molecule has 0 spiro atoms. The van der Waals surface area contributed by atoms with E-state index in [1.165, 1.54) is 5.56 Å². The summed E-state index contributed by atoms with van der Waals surface area (Å²) in [6, 6.07) is 7.84. The molecule has 3 heterocycles. The summed E-state index contributed by atoms with van der Waals surface area (Å²) in [6.07, 6.45) is 2.13. The number of nitrogens with zero attached hydrogens (tertiary/aromatic N) is 6. The molecule has 2 aromatic heterocycles. The highest BCUT2D eigenvalue weighted by atomic mass is 35.5. The summed E-state index contributed by atoms with van der Waals surface area (Å²) in [5.74, 6) is 0.0906. The van der Waals surface area contributed by atoms with Gasteiger partial charge in [-0.1, -0.05) is 23.7 Å². The molecule has 170 valence electrons. The number of hydrogen-bond donors (Lipinski definition) is 0. The lowest BCUT2D eigenvalue weighted by Crippen LogP contribution is -2.48. The molecular weight excluding hydrogens is 424 g/mol. The molecule has 0 atom stereocenters. The minimum atomic E-state index is 0.0906. The molecule has 0 N–H and O–H groups in total. The molecule has 0 bridgehead atoms. The van der Waals surface area contributed by atoms with Crippen molar-refractivity contribution in [3.05, 3.63) is 69.3 Å². The second-order valence-electron chi connectivity index (χ2n) is 8.51. The number of aromatic nitrogens is 4. The van der Waals surface area contributed by atoms with Crippen molar-refractivity contribution in [2.45, 2.75) is 47.3 Å². The number of benzene rings is 1. The number of rotatable bonds is 6. The number of aryl methyl sites for hydroxylation is 3. The van der Waals surface area contributed by atoms with E-state index in [-0.39, 0.29) is 5.91 Å². The third-order valence-corrected chi connectivity index (χ3v) is 6.77. The topological polar surface area (TPSA) is 59.2 Å². The predicted molar refractivity (Wildman–Crippen MR) is 126 cm³/mol. The van der Waals surface area contributed by atoms with Crippen LogP contribution in [0.2, 0.25) is 5.02 Å². The maximum Gasteiger partial charge on any atom is 0.253 e. The molecule has 0 saturated carbocycles. The highest BCUT2D eigenvalue weighted by molar-refractivity contribution is 6.31. The summed E-state index contributed by atoms with van der Waals surface area (Å²) in [4.78, 5) is 17.5. The molecular formula is C24H31ClN6O. The summed E-state index contributed by atoms with van der Waals surface area (Å²) < 4.78 is 3.88. The standard InChI is InChI=1S/C24H31ClN6O/c1-5-30-16-22(17(2)26-30)15-28-9-11-29(12-10-28)24(32)21-8-6-7-20(13-21)14-31-19(4)23(25)18(3)27-31/h6-8,13,16H,5,9-12,14-15H2,1-4H3. The molecule has 1 aromatic carbocycles. The minimum Gasteiger partial charge on any atom is -0.336 e. The SMILES string of the molecule is CCn1cc(CN2CCN(C(=O)c3cccc(Cn4nc(C)c(Cl)c4C)c3)CC2)c(C)n1. The molecule has 1 amide bonds. The van der Waals surface area contributed by atoms with Gasteiger partial charge in [-0.3, -0.25) is 19.1 Å². The van der Waals surface area contributed by atoms with Crippen LogP contribution in [0.3, 0.4) is 0 Å². The maximum atomic E-state index is 13.1. The quantitative estimate of drug-likeness (QED) is 0.570. The van der Waals surface area contributed by atoms with Gasteiger partial charge >= 0.3 is 0 Å². The number of amides is 1. The fourth-order valence-corrected chi connectivity index (χ4v) is 4.35. The van der Waals surface area contributed by atoms with Gasteiger partial charge in [-0.15, -0.1) is 0 Å². The summed E-state index contributed by atoms with van der Waals surface area (Å²) in [5.41, 5.74) is 5.89. The first-order valence-corrected chi connectivity index (χ1v) is 11.6. The minimum absolute atomic E-state index is 0.0906. The second-order valence-corrected chi connectivity index (χ2v) is 8.88. The molecule has 1 aliphatic rings. The third kappa shape index (κ3) is 4.74. The Balaban J connectivity index is 1.37. The second kappa shape index (κ2) is 9.46. The van der Waals surface area contributed by atoms with Crippen molar-refractivity contribution < 1.29 is 4.79 Å². The predicted octanol–water partition coefficient (Wildman–Crippen LogP) is 3.68. The fourth-order valence-electron chi connectivity index (χ4n) is 4.21. The molecule has 8 heteroatoms. The van der Waals surface area contributed by atoms with E-state index in [2.05, 4.69) is 35.1 Å². The van der Waals surface area contributed by atoms with E-state index in [4.69, 9.17) is 11.6 Å². The zero-order valence-electron chi connectivity index (χ0n) is 19.3. The molecule has 4 rings (SSSR count). The van der Waals surface area contributed by atoms with Crippen LogP contribution in [0.1, 0.15) is 45.5 Å². The van der Waals surface area contributed by atoms with Crippen molar-refractivity contribution in [3.63, 3.8) is 0 Å². The van der Waals surface area contributed by atoms with Crippen molar-refractivity contribution in [1.29, 1.82) is 0 Å². The van der Waals surface area contributed by atoms with E-state index >= 15 is 0 Å². The van der Waals surface area contributed by atoms with Crippen LogP contribution in [0.4, 0.5) is 0 Å². The van der Waals surface area contributed by atoms with Gasteiger partial charge in [0, 0.05) is 56.6 Å². The van der Waals surface area contributed by atoms with E-state index < -0.39 is 0 Å². The number of carbonyl (C=O) groups is 1. The summed E-state index contributed by atoms with van der Waals surface area (Å²) >= 11 is 6.28. The molecule has 7 nitrogen and oxygen atoms in total. The van der Waals surface area contributed by atoms with Crippen molar-refractivity contribution in [1.82, 2.24) is 29.4 Å². The number of carbonyl (C=O) groups excluding carboxylic acids is 1. The first-order chi connectivity index (χ1) is 15.4. The van der Waals surface area contributed by atoms with Crippen molar-refractivity contribution >= 4 is 17.5 Å². The average molecular weight is 455 g/mol. The lowest BCUT2D eigenvalue weighted by Gasteiger charge is -2.34. The monoisotopic (exact) mass is 454 g/mol. The van der Waals surface area contributed by atoms with Crippen LogP contribution >= 0.6 is 11.6 Å². The van der Waals surface area contributed by atoms with Crippen molar-refractivity contribution in [2.75, 3.05) is 26.2 Å². The highest BCUT2D eigenvalue weighted by Crippen LogP contribution is 2.20. The Labute approximate surface area is 194 Å². The van der Waals surface area contributed by atoms with E-state index in [0.717, 1.165) is 67.5 Å². The molecule has 0 unspecified atom stereocenters. The van der Waals surface area contributed by atoms with Crippen molar-refractivity contribution in [2.24, 2.45) is 0 Å². The Kier molecular flexibility index (Phi) is 6.67. The maximum absolute atomic E-state index is 13.1. The largest absolute Gasteiger partial charge is 0.336 e. The van der Waals surface area contributed by atoms with Crippen molar-refractivity contribution in [3.8, 4) is 0 Å². The normalized spacial score (nSPS) is 14.8. The van der Waals surface area contributed by atoms with Gasteiger partial charge in [-0.25, -0.2) is 0 Å². The molecule has 0 radical (unpaired) electrons. The Morgan fingerprint density at radius 3 is 2.41 bits per heavy atom. The Hall–Kier alpha value is -2.64. The fraction of sp³-hybridized carbons (Fsp3) is 0.458. The van der Waals surface area contributed by atoms with E-state index in [1.54, 1.807) is 0 Å². The summed E-state index contributed by atoms with van der Waals surface area (Å²) in [5, 5.41) is 9.74. The van der Waals surface area contributed by atoms with Gasteiger partial charge in [0.1, 0.15) is 0 Å². The van der Waals surface area contributed by atoms with E-state index in [1.807, 2.05) is 52.4 Å². The van der Waals surface area contributed by atoms with Crippen LogP contribution in [0.5, 0.6) is 0 Å². The Morgan fingerprint density at radius 2 is 1.78 bits per heavy atom. The van der Waals surface area contributed by atoms with E-state index in [9.17, 15) is 4.79 Å². The number of piperazine rings is 1. The Morgan fingerprint density at radius 1 is 1.03 bits per heavy atom. The average Bonchev–Trinajstić information content (AvgIpc) is 3.27. The van der Waals surface area contributed by atoms with Gasteiger partial charge in [0.05, 0.1) is 28.6 Å². The first-order valence-electron chi connectivity index (χ1n) is 11.2. The van der Waals surface area contributed by atoms with Crippen LogP contribution in [0.15, 0.2) is 30.5 Å². The van der Waals surface area contributed by atoms with Crippen LogP contribution in [0, 0.1) is 20.8 Å². The van der Waals surface area contributed by atoms with Crippen LogP contribution < -0.4 is 0 Å². The van der Waals surface area contributed by atoms with E-state index in [0.29, 0.717) is 11.6 Å². The molecule has 0 aliphatic carbocycles. The lowest BCUT2D eigenvalue weighted by atomic mass is 10.1.